The van der Waals surface area contributed by atoms with Crippen LogP contribution in [0.1, 0.15) is 78.1 Å². The first-order chi connectivity index (χ1) is 12.9. The summed E-state index contributed by atoms with van der Waals surface area (Å²) in [6.45, 7) is 5.18. The Labute approximate surface area is 164 Å². The van der Waals surface area contributed by atoms with Gasteiger partial charge in [-0.1, -0.05) is 13.8 Å². The van der Waals surface area contributed by atoms with Crippen LogP contribution in [0.25, 0.3) is 0 Å². The zero-order valence-electron chi connectivity index (χ0n) is 16.9. The van der Waals surface area contributed by atoms with Crippen LogP contribution >= 0.6 is 0 Å². The molecule has 1 saturated heterocycles. The summed E-state index contributed by atoms with van der Waals surface area (Å²) in [5.41, 5.74) is -0.0685. The minimum atomic E-state index is -4.03. The maximum Gasteiger partial charge on any atom is 0.310 e. The van der Waals surface area contributed by atoms with Crippen molar-refractivity contribution in [2.45, 2.75) is 95.7 Å². The topological polar surface area (TPSA) is 35.5 Å². The average Bonchev–Trinajstić information content (AvgIpc) is 2.61. The first-order valence-corrected chi connectivity index (χ1v) is 10.5. The van der Waals surface area contributed by atoms with Gasteiger partial charge >= 0.3 is 11.8 Å². The third kappa shape index (κ3) is 5.07. The third-order valence-electron chi connectivity index (χ3n) is 6.61. The van der Waals surface area contributed by atoms with Gasteiger partial charge in [0.1, 0.15) is 5.78 Å². The van der Waals surface area contributed by atoms with Crippen LogP contribution in [0, 0.1) is 17.3 Å². The minimum absolute atomic E-state index is 0.0398. The van der Waals surface area contributed by atoms with E-state index in [0.29, 0.717) is 51.7 Å². The van der Waals surface area contributed by atoms with Gasteiger partial charge in [0.25, 0.3) is 0 Å². The van der Waals surface area contributed by atoms with Crippen molar-refractivity contribution in [1.82, 2.24) is 0 Å². The SMILES string of the molecule is CC1(C)COC2(CCC(CC(F)(F)C(F)(F)CC3CCC(=O)CC3)CC2)OC1. The number of carbonyl (C=O) groups excluding carboxylic acids is 1. The van der Waals surface area contributed by atoms with Gasteiger partial charge in [-0.3, -0.25) is 4.79 Å². The van der Waals surface area contributed by atoms with Crippen LogP contribution in [-0.2, 0) is 14.3 Å². The molecule has 1 heterocycles. The van der Waals surface area contributed by atoms with Crippen LogP contribution in [0.15, 0.2) is 0 Å². The van der Waals surface area contributed by atoms with Crippen molar-refractivity contribution >= 4 is 5.78 Å². The van der Waals surface area contributed by atoms with E-state index in [2.05, 4.69) is 0 Å². The Kier molecular flexibility index (Phi) is 6.18. The van der Waals surface area contributed by atoms with Gasteiger partial charge < -0.3 is 9.47 Å². The number of hydrogen-bond donors (Lipinski definition) is 0. The molecule has 1 aliphatic heterocycles. The normalized spacial score (nSPS) is 27.3. The van der Waals surface area contributed by atoms with Gasteiger partial charge in [0.15, 0.2) is 5.79 Å². The van der Waals surface area contributed by atoms with Crippen molar-refractivity contribution in [2.75, 3.05) is 13.2 Å². The standard InChI is InChI=1S/C21H32F4O3/c1-18(2)13-27-19(28-14-18)9-7-16(8-10-19)12-21(24,25)20(22,23)11-15-3-5-17(26)6-4-15/h15-16H,3-14H2,1-2H3. The third-order valence-corrected chi connectivity index (χ3v) is 6.61. The van der Waals surface area contributed by atoms with Gasteiger partial charge in [0.2, 0.25) is 0 Å². The van der Waals surface area contributed by atoms with Crippen molar-refractivity contribution in [1.29, 1.82) is 0 Å². The molecule has 0 radical (unpaired) electrons. The Morgan fingerprint density at radius 2 is 1.29 bits per heavy atom. The molecule has 3 fully saturated rings. The van der Waals surface area contributed by atoms with Gasteiger partial charge in [-0.15, -0.1) is 0 Å². The summed E-state index contributed by atoms with van der Waals surface area (Å²) < 4.78 is 69.5. The second-order valence-electron chi connectivity index (χ2n) is 9.89. The van der Waals surface area contributed by atoms with Crippen molar-refractivity contribution in [3.8, 4) is 0 Å². The Bertz CT molecular complexity index is 546. The van der Waals surface area contributed by atoms with Gasteiger partial charge in [-0.2, -0.15) is 17.6 Å². The van der Waals surface area contributed by atoms with E-state index in [1.165, 1.54) is 0 Å². The number of ether oxygens (including phenoxy) is 2. The Morgan fingerprint density at radius 1 is 0.857 bits per heavy atom. The zero-order chi connectivity index (χ0) is 20.6. The van der Waals surface area contributed by atoms with E-state index in [1.54, 1.807) is 0 Å². The fourth-order valence-corrected chi connectivity index (χ4v) is 4.57. The average molecular weight is 408 g/mol. The molecule has 0 unspecified atom stereocenters. The van der Waals surface area contributed by atoms with Crippen molar-refractivity contribution in [3.63, 3.8) is 0 Å². The molecule has 0 bridgehead atoms. The Morgan fingerprint density at radius 3 is 1.75 bits per heavy atom. The van der Waals surface area contributed by atoms with E-state index in [0.717, 1.165) is 0 Å². The monoisotopic (exact) mass is 408 g/mol. The molecule has 7 heteroatoms. The highest BCUT2D eigenvalue weighted by Crippen LogP contribution is 2.49. The molecule has 0 N–H and O–H groups in total. The molecule has 1 spiro atoms. The first kappa shape index (κ1) is 22.0. The van der Waals surface area contributed by atoms with Crippen LogP contribution in [0.4, 0.5) is 17.6 Å². The van der Waals surface area contributed by atoms with E-state index in [1.807, 2.05) is 13.8 Å². The Balaban J connectivity index is 1.51. The molecule has 0 atom stereocenters. The van der Waals surface area contributed by atoms with Gasteiger partial charge in [0, 0.05) is 43.9 Å². The van der Waals surface area contributed by atoms with E-state index in [-0.39, 0.29) is 24.0 Å². The summed E-state index contributed by atoms with van der Waals surface area (Å²) in [6, 6.07) is 0. The zero-order valence-corrected chi connectivity index (χ0v) is 16.9. The van der Waals surface area contributed by atoms with Crippen LogP contribution in [0.2, 0.25) is 0 Å². The number of hydrogen-bond acceptors (Lipinski definition) is 3. The molecule has 0 aromatic heterocycles. The highest BCUT2D eigenvalue weighted by atomic mass is 19.3. The molecule has 0 aromatic carbocycles. The molecular weight excluding hydrogens is 376 g/mol. The van der Waals surface area contributed by atoms with Gasteiger partial charge in [0.05, 0.1) is 13.2 Å². The molecular formula is C21H32F4O3. The largest absolute Gasteiger partial charge is 0.349 e. The molecule has 0 aromatic rings. The predicted octanol–water partition coefficient (Wildman–Crippen LogP) is 5.76. The van der Waals surface area contributed by atoms with Crippen molar-refractivity contribution in [2.24, 2.45) is 17.3 Å². The fourth-order valence-electron chi connectivity index (χ4n) is 4.57. The van der Waals surface area contributed by atoms with Gasteiger partial charge in [-0.25, -0.2) is 0 Å². The van der Waals surface area contributed by atoms with Crippen LogP contribution in [-0.4, -0.2) is 36.6 Å². The number of rotatable bonds is 5. The molecule has 162 valence electrons. The summed E-state index contributed by atoms with van der Waals surface area (Å²) in [6.07, 6.45) is 1.18. The highest BCUT2D eigenvalue weighted by molar-refractivity contribution is 5.79. The lowest BCUT2D eigenvalue weighted by Crippen LogP contribution is -2.50. The minimum Gasteiger partial charge on any atom is -0.349 e. The lowest BCUT2D eigenvalue weighted by Gasteiger charge is -2.47. The van der Waals surface area contributed by atoms with E-state index in [9.17, 15) is 22.4 Å². The van der Waals surface area contributed by atoms with E-state index >= 15 is 0 Å². The smallest absolute Gasteiger partial charge is 0.310 e. The summed E-state index contributed by atoms with van der Waals surface area (Å²) in [4.78, 5) is 11.2. The first-order valence-electron chi connectivity index (χ1n) is 10.5. The molecule has 0 amide bonds. The second-order valence-corrected chi connectivity index (χ2v) is 9.89. The van der Waals surface area contributed by atoms with Crippen molar-refractivity contribution < 1.29 is 31.8 Å². The number of ketones is 1. The van der Waals surface area contributed by atoms with Crippen LogP contribution < -0.4 is 0 Å². The maximum atomic E-state index is 14.5. The molecule has 3 nitrogen and oxygen atoms in total. The quantitative estimate of drug-likeness (QED) is 0.543. The number of Topliss-reactive ketones (excluding diaryl/α,β-unsaturated/α-hetero) is 1. The molecule has 3 aliphatic rings. The lowest BCUT2D eigenvalue weighted by molar-refractivity contribution is -0.314. The van der Waals surface area contributed by atoms with Crippen LogP contribution in [0.3, 0.4) is 0 Å². The summed E-state index contributed by atoms with van der Waals surface area (Å²) >= 11 is 0. The summed E-state index contributed by atoms with van der Waals surface area (Å²) in [5, 5.41) is 0. The van der Waals surface area contributed by atoms with Crippen LogP contribution in [0.5, 0.6) is 0 Å². The fraction of sp³-hybridized carbons (Fsp3) is 0.952. The predicted molar refractivity (Wildman–Crippen MR) is 96.5 cm³/mol. The van der Waals surface area contributed by atoms with E-state index < -0.39 is 42.3 Å². The second kappa shape index (κ2) is 7.86. The molecule has 2 aliphatic carbocycles. The number of alkyl halides is 4. The maximum absolute atomic E-state index is 14.5. The van der Waals surface area contributed by atoms with E-state index in [4.69, 9.17) is 9.47 Å². The highest BCUT2D eigenvalue weighted by Gasteiger charge is 2.57. The Hall–Kier alpha value is -0.690. The molecule has 28 heavy (non-hydrogen) atoms. The van der Waals surface area contributed by atoms with Gasteiger partial charge in [-0.05, 0) is 37.5 Å². The molecule has 2 saturated carbocycles. The molecule has 3 rings (SSSR count). The van der Waals surface area contributed by atoms with Crippen molar-refractivity contribution in [3.05, 3.63) is 0 Å². The summed E-state index contributed by atoms with van der Waals surface area (Å²) in [5.74, 6) is -9.70. The number of carbonyl (C=O) groups is 1. The summed E-state index contributed by atoms with van der Waals surface area (Å²) in [7, 11) is 0. The lowest BCUT2D eigenvalue weighted by atomic mass is 9.78. The number of halogens is 4.